The van der Waals surface area contributed by atoms with Crippen LogP contribution in [-0.2, 0) is 13.4 Å². The average Bonchev–Trinajstić information content (AvgIpc) is 3.47. The molecule has 0 aliphatic heterocycles. The SMILES string of the molecule is [2H]C([2H])([2H])c1c[n+](C)c(-c2c(C)ccc3c2oc2c(C([2H])([2H])[2H])c(-c4ccc(C5([2H])CCC6(CCCCC6)CC5)cc4)ccc23)cc1C([2H])([2H])C(C)(C)C. The van der Waals surface area contributed by atoms with Crippen molar-refractivity contribution in [1.29, 1.82) is 0 Å². The highest BCUT2D eigenvalue weighted by Gasteiger charge is 2.36. The molecule has 5 aromatic rings. The number of fused-ring (bicyclic) bond motifs is 3. The van der Waals surface area contributed by atoms with Crippen LogP contribution in [0.4, 0.5) is 0 Å². The highest BCUT2D eigenvalue weighted by Crippen LogP contribution is 2.51. The van der Waals surface area contributed by atoms with Crippen molar-refractivity contribution in [3.8, 4) is 22.4 Å². The molecular weight excluding hydrogens is 546 g/mol. The summed E-state index contributed by atoms with van der Waals surface area (Å²) in [5, 5.41) is 1.36. The molecule has 0 radical (unpaired) electrons. The molecule has 45 heavy (non-hydrogen) atoms. The van der Waals surface area contributed by atoms with Crippen LogP contribution in [0.15, 0.2) is 65.2 Å². The number of furan rings is 1. The first kappa shape index (κ1) is 21.4. The molecule has 0 unspecified atom stereocenters. The fourth-order valence-corrected chi connectivity index (χ4v) is 8.02. The lowest BCUT2D eigenvalue weighted by Gasteiger charge is -2.43. The number of aromatic nitrogens is 1. The Hall–Kier alpha value is -3.39. The molecule has 2 aliphatic rings. The molecule has 0 bridgehead atoms. The average molecular weight is 608 g/mol. The topological polar surface area (TPSA) is 17.0 Å². The molecule has 234 valence electrons. The third-order valence-corrected chi connectivity index (χ3v) is 10.5. The molecular formula is C43H52NO+. The molecule has 2 aliphatic carbocycles. The van der Waals surface area contributed by atoms with Crippen molar-refractivity contribution in [2.75, 3.05) is 0 Å². The van der Waals surface area contributed by atoms with Gasteiger partial charge in [-0.15, -0.1) is 0 Å². The van der Waals surface area contributed by atoms with Crippen LogP contribution >= 0.6 is 0 Å². The van der Waals surface area contributed by atoms with Gasteiger partial charge < -0.3 is 4.42 Å². The second-order valence-corrected chi connectivity index (χ2v) is 14.8. The summed E-state index contributed by atoms with van der Waals surface area (Å²) in [7, 11) is 1.74. The summed E-state index contributed by atoms with van der Waals surface area (Å²) in [6.07, 6.45) is 9.88. The molecule has 1 spiro atoms. The molecule has 0 saturated heterocycles. The van der Waals surface area contributed by atoms with Gasteiger partial charge in [-0.3, -0.25) is 0 Å². The Kier molecular flexibility index (Phi) is 5.45. The molecule has 3 aromatic carbocycles. The zero-order valence-electron chi connectivity index (χ0n) is 36.5. The van der Waals surface area contributed by atoms with Crippen molar-refractivity contribution in [3.63, 3.8) is 0 Å². The quantitative estimate of drug-likeness (QED) is 0.186. The van der Waals surface area contributed by atoms with Gasteiger partial charge in [-0.1, -0.05) is 82.5 Å². The van der Waals surface area contributed by atoms with Gasteiger partial charge in [0.25, 0.3) is 0 Å². The third-order valence-electron chi connectivity index (χ3n) is 10.5. The second-order valence-electron chi connectivity index (χ2n) is 14.8. The van der Waals surface area contributed by atoms with E-state index in [1.807, 2.05) is 55.5 Å². The predicted molar refractivity (Wildman–Crippen MR) is 190 cm³/mol. The summed E-state index contributed by atoms with van der Waals surface area (Å²) < 4.78 is 87.0. The van der Waals surface area contributed by atoms with Gasteiger partial charge in [0.2, 0.25) is 5.69 Å². The predicted octanol–water partition coefficient (Wildman–Crippen LogP) is 11.9. The maximum absolute atomic E-state index is 9.44. The lowest BCUT2D eigenvalue weighted by molar-refractivity contribution is -0.660. The van der Waals surface area contributed by atoms with E-state index in [0.29, 0.717) is 38.6 Å². The van der Waals surface area contributed by atoms with Crippen LogP contribution < -0.4 is 4.57 Å². The van der Waals surface area contributed by atoms with Crippen molar-refractivity contribution in [2.45, 2.75) is 111 Å². The number of pyridine rings is 1. The first-order chi connectivity index (χ1) is 25.1. The van der Waals surface area contributed by atoms with Crippen molar-refractivity contribution >= 4 is 21.9 Å². The van der Waals surface area contributed by atoms with E-state index in [0.717, 1.165) is 42.4 Å². The Labute approximate surface area is 283 Å². The number of hydrogen-bond acceptors (Lipinski definition) is 1. The van der Waals surface area contributed by atoms with Gasteiger partial charge in [-0.25, -0.2) is 4.57 Å². The molecule has 7 rings (SSSR count). The molecule has 2 aromatic heterocycles. The highest BCUT2D eigenvalue weighted by atomic mass is 16.3. The minimum Gasteiger partial charge on any atom is -0.455 e. The third kappa shape index (κ3) is 5.64. The van der Waals surface area contributed by atoms with Crippen molar-refractivity contribution in [2.24, 2.45) is 17.9 Å². The van der Waals surface area contributed by atoms with Crippen LogP contribution in [0.5, 0.6) is 0 Å². The Balaban J connectivity index is 1.35. The maximum atomic E-state index is 9.44. The van der Waals surface area contributed by atoms with E-state index in [4.69, 9.17) is 15.4 Å². The number of aryl methyl sites for hydroxylation is 4. The monoisotopic (exact) mass is 607 g/mol. The van der Waals surface area contributed by atoms with Crippen LogP contribution in [0.3, 0.4) is 0 Å². The summed E-state index contributed by atoms with van der Waals surface area (Å²) in [5.41, 5.74) is 4.62. The fourth-order valence-electron chi connectivity index (χ4n) is 8.02. The van der Waals surface area contributed by atoms with Crippen molar-refractivity contribution < 1.29 is 21.3 Å². The number of benzene rings is 3. The standard InChI is InChI=1S/C43H52NO/c1-28-11-16-37-36-18-17-35(33-14-12-31(13-15-33)32-19-23-43(24-20-32)21-9-8-10-22-43)30(3)40(36)45-41(37)39(28)38-25-34(26-42(4,5)6)29(2)27-44(38)7/h11-18,25,27,32H,8-10,19-24,26H2,1-7H3/q+1/i2D3,3D3,26D2,32D. The van der Waals surface area contributed by atoms with E-state index < -0.39 is 31.4 Å². The van der Waals surface area contributed by atoms with Gasteiger partial charge >= 0.3 is 0 Å². The van der Waals surface area contributed by atoms with E-state index in [1.165, 1.54) is 38.3 Å². The smallest absolute Gasteiger partial charge is 0.216 e. The molecule has 2 fully saturated rings. The molecule has 0 N–H and O–H groups in total. The summed E-state index contributed by atoms with van der Waals surface area (Å²) in [4.78, 5) is 0. The van der Waals surface area contributed by atoms with Crippen LogP contribution in [0.1, 0.15) is 125 Å². The minimum atomic E-state index is -2.55. The van der Waals surface area contributed by atoms with E-state index in [-0.39, 0.29) is 22.3 Å². The van der Waals surface area contributed by atoms with Gasteiger partial charge in [0.1, 0.15) is 18.2 Å². The minimum absolute atomic E-state index is 0.0589. The first-order valence-electron chi connectivity index (χ1n) is 21.2. The van der Waals surface area contributed by atoms with Gasteiger partial charge in [0.05, 0.1) is 5.56 Å². The van der Waals surface area contributed by atoms with E-state index >= 15 is 0 Å². The largest absolute Gasteiger partial charge is 0.455 e. The van der Waals surface area contributed by atoms with Gasteiger partial charge in [-0.2, -0.15) is 0 Å². The lowest BCUT2D eigenvalue weighted by Crippen LogP contribution is -2.32. The molecule has 2 heterocycles. The zero-order chi connectivity index (χ0) is 39.2. The zero-order valence-corrected chi connectivity index (χ0v) is 27.5. The van der Waals surface area contributed by atoms with Crippen molar-refractivity contribution in [3.05, 3.63) is 88.6 Å². The summed E-state index contributed by atoms with van der Waals surface area (Å²) in [6, 6.07) is 17.1. The Bertz CT molecular complexity index is 2220. The molecule has 0 atom stereocenters. The molecule has 0 amide bonds. The van der Waals surface area contributed by atoms with E-state index in [9.17, 15) is 1.37 Å². The first-order valence-corrected chi connectivity index (χ1v) is 16.7. The number of nitrogens with zero attached hydrogens (tertiary/aromatic N) is 1. The lowest BCUT2D eigenvalue weighted by atomic mass is 9.62. The van der Waals surface area contributed by atoms with Gasteiger partial charge in [0.15, 0.2) is 6.20 Å². The molecule has 2 nitrogen and oxygen atoms in total. The van der Waals surface area contributed by atoms with Crippen LogP contribution in [-0.4, -0.2) is 0 Å². The van der Waals surface area contributed by atoms with Crippen LogP contribution in [0.25, 0.3) is 44.3 Å². The Morgan fingerprint density at radius 3 is 2.29 bits per heavy atom. The summed E-state index contributed by atoms with van der Waals surface area (Å²) in [6.45, 7) is 2.10. The maximum Gasteiger partial charge on any atom is 0.216 e. The molecule has 2 saturated carbocycles. The second kappa shape index (κ2) is 11.4. The van der Waals surface area contributed by atoms with Crippen LogP contribution in [0, 0.1) is 31.5 Å². The molecule has 2 heteroatoms. The van der Waals surface area contributed by atoms with E-state index in [1.54, 1.807) is 38.5 Å². The number of rotatable bonds is 4. The van der Waals surface area contributed by atoms with Crippen LogP contribution in [0.2, 0.25) is 0 Å². The van der Waals surface area contributed by atoms with Gasteiger partial charge in [0, 0.05) is 40.3 Å². The summed E-state index contributed by atoms with van der Waals surface area (Å²) >= 11 is 0. The Morgan fingerprint density at radius 1 is 0.889 bits per heavy atom. The summed E-state index contributed by atoms with van der Waals surface area (Å²) in [5.74, 6) is -0.644. The highest BCUT2D eigenvalue weighted by molar-refractivity contribution is 6.11. The van der Waals surface area contributed by atoms with Gasteiger partial charge in [-0.05, 0) is 116 Å². The van der Waals surface area contributed by atoms with E-state index in [2.05, 4.69) is 0 Å². The number of hydrogen-bond donors (Lipinski definition) is 0. The van der Waals surface area contributed by atoms with Crippen molar-refractivity contribution in [1.82, 2.24) is 0 Å². The fraction of sp³-hybridized carbons (Fsp3) is 0.465. The Morgan fingerprint density at radius 2 is 1.60 bits per heavy atom. The normalized spacial score (nSPS) is 22.0.